The van der Waals surface area contributed by atoms with Crippen molar-refractivity contribution in [3.63, 3.8) is 0 Å². The maximum atomic E-state index is 12.1. The lowest BCUT2D eigenvalue weighted by Gasteiger charge is -2.26. The average molecular weight is 343 g/mol. The highest BCUT2D eigenvalue weighted by Gasteiger charge is 2.29. The van der Waals surface area contributed by atoms with Crippen LogP contribution < -0.4 is 10.6 Å². The van der Waals surface area contributed by atoms with Crippen LogP contribution in [-0.4, -0.2) is 80.5 Å². The highest BCUT2D eigenvalue weighted by atomic mass is 32.2. The SMILES string of the molecule is N#C[C@@H]1CCCN1C(=O)CNCCS(=O)(=O)N1CCNC(=O)C1. The van der Waals surface area contributed by atoms with Crippen LogP contribution >= 0.6 is 0 Å². The topological polar surface area (TPSA) is 123 Å². The van der Waals surface area contributed by atoms with E-state index in [2.05, 4.69) is 16.7 Å². The Bertz CT molecular complexity index is 600. The Balaban J connectivity index is 1.73. The average Bonchev–Trinajstić information content (AvgIpc) is 3.00. The molecule has 0 radical (unpaired) electrons. The molecule has 0 unspecified atom stereocenters. The molecule has 2 heterocycles. The van der Waals surface area contributed by atoms with Gasteiger partial charge in [0.05, 0.1) is 24.9 Å². The number of nitrogens with one attached hydrogen (secondary N) is 2. The van der Waals surface area contributed by atoms with E-state index in [-0.39, 0.29) is 49.8 Å². The molecule has 2 rings (SSSR count). The van der Waals surface area contributed by atoms with Gasteiger partial charge in [0, 0.05) is 26.2 Å². The first kappa shape index (κ1) is 17.7. The second-order valence-corrected chi connectivity index (χ2v) is 7.64. The van der Waals surface area contributed by atoms with Gasteiger partial charge in [0.2, 0.25) is 21.8 Å². The lowest BCUT2D eigenvalue weighted by Crippen LogP contribution is -2.51. The predicted molar refractivity (Wildman–Crippen MR) is 81.6 cm³/mol. The lowest BCUT2D eigenvalue weighted by atomic mass is 10.2. The molecule has 1 atom stereocenters. The Morgan fingerprint density at radius 3 is 2.91 bits per heavy atom. The predicted octanol–water partition coefficient (Wildman–Crippen LogP) is -2.15. The summed E-state index contributed by atoms with van der Waals surface area (Å²) >= 11 is 0. The number of nitrogens with zero attached hydrogens (tertiary/aromatic N) is 3. The molecule has 0 aliphatic carbocycles. The van der Waals surface area contributed by atoms with Crippen LogP contribution in [-0.2, 0) is 19.6 Å². The van der Waals surface area contributed by atoms with Gasteiger partial charge in [0.15, 0.2) is 0 Å². The maximum absolute atomic E-state index is 12.1. The highest BCUT2D eigenvalue weighted by molar-refractivity contribution is 7.89. The lowest BCUT2D eigenvalue weighted by molar-refractivity contribution is -0.130. The van der Waals surface area contributed by atoms with Crippen molar-refractivity contribution in [1.82, 2.24) is 19.8 Å². The molecule has 23 heavy (non-hydrogen) atoms. The van der Waals surface area contributed by atoms with E-state index in [1.54, 1.807) is 0 Å². The molecule has 0 bridgehead atoms. The Kier molecular flexibility index (Phi) is 5.92. The molecule has 128 valence electrons. The van der Waals surface area contributed by atoms with Gasteiger partial charge in [-0.1, -0.05) is 0 Å². The third-order valence-electron chi connectivity index (χ3n) is 3.93. The van der Waals surface area contributed by atoms with Gasteiger partial charge < -0.3 is 15.5 Å². The Hall–Kier alpha value is -1.70. The van der Waals surface area contributed by atoms with Gasteiger partial charge in [-0.3, -0.25) is 9.59 Å². The van der Waals surface area contributed by atoms with Crippen molar-refractivity contribution < 1.29 is 18.0 Å². The van der Waals surface area contributed by atoms with Gasteiger partial charge >= 0.3 is 0 Å². The van der Waals surface area contributed by atoms with Gasteiger partial charge in [-0.2, -0.15) is 9.57 Å². The van der Waals surface area contributed by atoms with Crippen molar-refractivity contribution in [2.24, 2.45) is 0 Å². The number of nitriles is 1. The molecular formula is C13H21N5O4S. The molecule has 2 fully saturated rings. The molecule has 0 saturated carbocycles. The second-order valence-electron chi connectivity index (χ2n) is 5.55. The van der Waals surface area contributed by atoms with Gasteiger partial charge in [-0.15, -0.1) is 0 Å². The summed E-state index contributed by atoms with van der Waals surface area (Å²) in [7, 11) is -3.52. The van der Waals surface area contributed by atoms with Crippen LogP contribution in [0.15, 0.2) is 0 Å². The van der Waals surface area contributed by atoms with Gasteiger partial charge in [-0.25, -0.2) is 8.42 Å². The van der Waals surface area contributed by atoms with Gasteiger partial charge in [0.25, 0.3) is 0 Å². The van der Waals surface area contributed by atoms with E-state index in [9.17, 15) is 18.0 Å². The zero-order valence-electron chi connectivity index (χ0n) is 12.8. The van der Waals surface area contributed by atoms with E-state index in [1.807, 2.05) is 0 Å². The fourth-order valence-corrected chi connectivity index (χ4v) is 4.02. The van der Waals surface area contributed by atoms with Crippen LogP contribution in [0.25, 0.3) is 0 Å². The number of amides is 2. The molecule has 9 nitrogen and oxygen atoms in total. The quantitative estimate of drug-likeness (QED) is 0.530. The third-order valence-corrected chi connectivity index (χ3v) is 5.75. The first-order chi connectivity index (χ1) is 10.9. The molecule has 0 aromatic heterocycles. The van der Waals surface area contributed by atoms with Crippen LogP contribution in [0.3, 0.4) is 0 Å². The number of sulfonamides is 1. The van der Waals surface area contributed by atoms with Crippen molar-refractivity contribution in [3.8, 4) is 6.07 Å². The molecule has 0 spiro atoms. The molecule has 2 amide bonds. The summed E-state index contributed by atoms with van der Waals surface area (Å²) in [6.07, 6.45) is 1.50. The Morgan fingerprint density at radius 2 is 2.22 bits per heavy atom. The van der Waals surface area contributed by atoms with E-state index in [4.69, 9.17) is 5.26 Å². The first-order valence-electron chi connectivity index (χ1n) is 7.58. The Morgan fingerprint density at radius 1 is 1.43 bits per heavy atom. The van der Waals surface area contributed by atoms with Crippen LogP contribution in [0.5, 0.6) is 0 Å². The monoisotopic (exact) mass is 343 g/mol. The molecule has 0 aromatic carbocycles. The van der Waals surface area contributed by atoms with Crippen molar-refractivity contribution in [3.05, 3.63) is 0 Å². The van der Waals surface area contributed by atoms with Crippen LogP contribution in [0.1, 0.15) is 12.8 Å². The molecular weight excluding hydrogens is 322 g/mol. The summed E-state index contributed by atoms with van der Waals surface area (Å²) in [4.78, 5) is 24.7. The number of carbonyl (C=O) groups excluding carboxylic acids is 2. The normalized spacial score (nSPS) is 22.7. The van der Waals surface area contributed by atoms with E-state index < -0.39 is 10.0 Å². The zero-order valence-corrected chi connectivity index (χ0v) is 13.6. The number of rotatable bonds is 6. The fraction of sp³-hybridized carbons (Fsp3) is 0.769. The van der Waals surface area contributed by atoms with Crippen molar-refractivity contribution >= 4 is 21.8 Å². The zero-order chi connectivity index (χ0) is 16.9. The maximum Gasteiger partial charge on any atom is 0.237 e. The minimum Gasteiger partial charge on any atom is -0.354 e. The summed E-state index contributed by atoms with van der Waals surface area (Å²) < 4.78 is 25.4. The highest BCUT2D eigenvalue weighted by Crippen LogP contribution is 2.15. The van der Waals surface area contributed by atoms with Crippen LogP contribution in [0.4, 0.5) is 0 Å². The standard InChI is InChI=1S/C13H21N5O4S/c14-8-11-2-1-5-18(11)13(20)9-15-4-7-23(21,22)17-6-3-16-12(19)10-17/h11,15H,1-7,9-10H2,(H,16,19)/t11-/m0/s1. The van der Waals surface area contributed by atoms with Crippen molar-refractivity contribution in [1.29, 1.82) is 5.26 Å². The smallest absolute Gasteiger partial charge is 0.237 e. The number of hydrogen-bond acceptors (Lipinski definition) is 6. The molecule has 10 heteroatoms. The first-order valence-corrected chi connectivity index (χ1v) is 9.19. The van der Waals surface area contributed by atoms with E-state index in [0.29, 0.717) is 19.5 Å². The molecule has 2 N–H and O–H groups in total. The largest absolute Gasteiger partial charge is 0.354 e. The number of likely N-dealkylation sites (tertiary alicyclic amines) is 1. The summed E-state index contributed by atoms with van der Waals surface area (Å²) in [5, 5.41) is 14.3. The number of hydrogen-bond donors (Lipinski definition) is 2. The van der Waals surface area contributed by atoms with Gasteiger partial charge in [0.1, 0.15) is 6.04 Å². The summed E-state index contributed by atoms with van der Waals surface area (Å²) in [5.41, 5.74) is 0. The third kappa shape index (κ3) is 4.63. The van der Waals surface area contributed by atoms with Crippen molar-refractivity contribution in [2.45, 2.75) is 18.9 Å². The van der Waals surface area contributed by atoms with E-state index in [1.165, 1.54) is 4.90 Å². The molecule has 0 aromatic rings. The molecule has 2 aliphatic heterocycles. The molecule has 2 aliphatic rings. The number of piperazine rings is 1. The summed E-state index contributed by atoms with van der Waals surface area (Å²) in [6.45, 7) is 1.13. The van der Waals surface area contributed by atoms with E-state index >= 15 is 0 Å². The molecule has 2 saturated heterocycles. The van der Waals surface area contributed by atoms with E-state index in [0.717, 1.165) is 10.7 Å². The minimum absolute atomic E-state index is 0.00812. The minimum atomic E-state index is -3.52. The fourth-order valence-electron chi connectivity index (χ4n) is 2.68. The number of carbonyl (C=O) groups is 2. The van der Waals surface area contributed by atoms with Crippen molar-refractivity contribution in [2.75, 3.05) is 45.0 Å². The Labute approximate surface area is 135 Å². The van der Waals surface area contributed by atoms with Gasteiger partial charge in [-0.05, 0) is 12.8 Å². The summed E-state index contributed by atoms with van der Waals surface area (Å²) in [6, 6.07) is 1.72. The summed E-state index contributed by atoms with van der Waals surface area (Å²) in [5.74, 6) is -0.668. The second kappa shape index (κ2) is 7.72. The van der Waals surface area contributed by atoms with Crippen LogP contribution in [0.2, 0.25) is 0 Å². The van der Waals surface area contributed by atoms with Crippen LogP contribution in [0, 0.1) is 11.3 Å².